The average Bonchev–Trinajstić information content (AvgIpc) is 3.33. The Hall–Kier alpha value is -2.71. The molecule has 0 unspecified atom stereocenters. The predicted octanol–water partition coefficient (Wildman–Crippen LogP) is 5.09. The molecule has 2 aromatic heterocycles. The number of thioether (sulfide) groups is 1. The first kappa shape index (κ1) is 18.6. The normalized spacial score (nSPS) is 11.1. The maximum atomic E-state index is 14.5. The summed E-state index contributed by atoms with van der Waals surface area (Å²) < 4.78 is 22.0. The van der Waals surface area contributed by atoms with Crippen LogP contribution < -0.4 is 0 Å². The third-order valence-corrected chi connectivity index (χ3v) is 6.12. The van der Waals surface area contributed by atoms with Crippen molar-refractivity contribution in [3.63, 3.8) is 0 Å². The molecule has 8 heteroatoms. The highest BCUT2D eigenvalue weighted by molar-refractivity contribution is 7.98. The molecule has 2 aromatic carbocycles. The van der Waals surface area contributed by atoms with Gasteiger partial charge in [-0.3, -0.25) is 0 Å². The second kappa shape index (κ2) is 8.12. The van der Waals surface area contributed by atoms with Crippen LogP contribution in [0, 0.1) is 5.82 Å². The van der Waals surface area contributed by atoms with Crippen LogP contribution in [0.15, 0.2) is 60.0 Å². The van der Waals surface area contributed by atoms with E-state index in [4.69, 9.17) is 4.74 Å². The van der Waals surface area contributed by atoms with Gasteiger partial charge in [0.2, 0.25) is 5.16 Å². The first-order valence-electron chi connectivity index (χ1n) is 8.64. The molecule has 0 N–H and O–H groups in total. The van der Waals surface area contributed by atoms with E-state index in [2.05, 4.69) is 10.1 Å². The molecule has 0 aliphatic carbocycles. The van der Waals surface area contributed by atoms with Crippen molar-refractivity contribution >= 4 is 39.2 Å². The van der Waals surface area contributed by atoms with Crippen molar-refractivity contribution in [2.45, 2.75) is 17.8 Å². The highest BCUT2D eigenvalue weighted by Crippen LogP contribution is 2.37. The molecule has 28 heavy (non-hydrogen) atoms. The van der Waals surface area contributed by atoms with Gasteiger partial charge in [-0.25, -0.2) is 18.9 Å². The van der Waals surface area contributed by atoms with Crippen LogP contribution in [0.5, 0.6) is 0 Å². The predicted molar refractivity (Wildman–Crippen MR) is 109 cm³/mol. The number of thiophene rings is 1. The Kier molecular flexibility index (Phi) is 5.40. The Morgan fingerprint density at radius 1 is 1.21 bits per heavy atom. The maximum Gasteiger partial charge on any atom is 0.348 e. The monoisotopic (exact) mass is 413 g/mol. The first-order chi connectivity index (χ1) is 13.7. The Morgan fingerprint density at radius 3 is 2.82 bits per heavy atom. The number of ether oxygens (including phenoxy) is 1. The summed E-state index contributed by atoms with van der Waals surface area (Å²) in [6.07, 6.45) is 1.64. The molecule has 0 amide bonds. The van der Waals surface area contributed by atoms with Crippen LogP contribution in [0.2, 0.25) is 0 Å². The summed E-state index contributed by atoms with van der Waals surface area (Å²) in [5.74, 6) is -0.405. The van der Waals surface area contributed by atoms with E-state index >= 15 is 0 Å². The zero-order valence-corrected chi connectivity index (χ0v) is 16.6. The third-order valence-electron chi connectivity index (χ3n) is 4.06. The summed E-state index contributed by atoms with van der Waals surface area (Å²) in [5, 5.41) is 5.47. The molecule has 0 bridgehead atoms. The van der Waals surface area contributed by atoms with Gasteiger partial charge in [-0.2, -0.15) is 0 Å². The lowest BCUT2D eigenvalue weighted by molar-refractivity contribution is 0.0531. The van der Waals surface area contributed by atoms with Gasteiger partial charge in [0.05, 0.1) is 12.3 Å². The number of hydrogen-bond acceptors (Lipinski definition) is 6. The van der Waals surface area contributed by atoms with E-state index in [0.717, 1.165) is 10.4 Å². The molecule has 0 saturated heterocycles. The fraction of sp³-hybridized carbons (Fsp3) is 0.150. The van der Waals surface area contributed by atoms with Gasteiger partial charge in [0.15, 0.2) is 0 Å². The molecule has 4 rings (SSSR count). The van der Waals surface area contributed by atoms with Crippen molar-refractivity contribution in [2.24, 2.45) is 0 Å². The van der Waals surface area contributed by atoms with Gasteiger partial charge in [0.25, 0.3) is 0 Å². The van der Waals surface area contributed by atoms with E-state index in [1.807, 2.05) is 36.4 Å². The number of carbonyl (C=O) groups excluding carboxylic acids is 1. The molecule has 4 aromatic rings. The van der Waals surface area contributed by atoms with Crippen molar-refractivity contribution in [1.82, 2.24) is 14.8 Å². The lowest BCUT2D eigenvalue weighted by Gasteiger charge is -2.04. The van der Waals surface area contributed by atoms with Crippen molar-refractivity contribution in [3.8, 4) is 5.69 Å². The number of halogens is 1. The Balaban J connectivity index is 1.63. The molecule has 0 spiro atoms. The van der Waals surface area contributed by atoms with Crippen LogP contribution in [-0.2, 0) is 10.5 Å². The number of esters is 1. The lowest BCUT2D eigenvalue weighted by Crippen LogP contribution is -2.05. The van der Waals surface area contributed by atoms with Crippen molar-refractivity contribution in [3.05, 3.63) is 71.1 Å². The number of hydrogen-bond donors (Lipinski definition) is 0. The van der Waals surface area contributed by atoms with Gasteiger partial charge >= 0.3 is 5.97 Å². The quantitative estimate of drug-likeness (QED) is 0.325. The minimum Gasteiger partial charge on any atom is -0.462 e. The molecule has 0 atom stereocenters. The highest BCUT2D eigenvalue weighted by Gasteiger charge is 2.22. The van der Waals surface area contributed by atoms with Crippen LogP contribution in [0.25, 0.3) is 15.8 Å². The topological polar surface area (TPSA) is 57.0 Å². The van der Waals surface area contributed by atoms with E-state index in [1.54, 1.807) is 24.0 Å². The largest absolute Gasteiger partial charge is 0.462 e. The van der Waals surface area contributed by atoms with E-state index in [-0.39, 0.29) is 12.4 Å². The van der Waals surface area contributed by atoms with Gasteiger partial charge in [0.1, 0.15) is 17.0 Å². The molecule has 142 valence electrons. The molecule has 0 aliphatic heterocycles. The van der Waals surface area contributed by atoms with Gasteiger partial charge in [0, 0.05) is 15.8 Å². The molecule has 0 saturated carbocycles. The molecule has 5 nitrogen and oxygen atoms in total. The van der Waals surface area contributed by atoms with Crippen LogP contribution in [0.4, 0.5) is 4.39 Å². The third kappa shape index (κ3) is 3.65. The fourth-order valence-electron chi connectivity index (χ4n) is 2.82. The number of carbonyl (C=O) groups is 1. The van der Waals surface area contributed by atoms with Gasteiger partial charge in [-0.05, 0) is 36.8 Å². The van der Waals surface area contributed by atoms with Gasteiger partial charge in [-0.1, -0.05) is 36.0 Å². The minimum absolute atomic E-state index is 0.269. The van der Waals surface area contributed by atoms with Crippen molar-refractivity contribution in [2.75, 3.05) is 6.61 Å². The van der Waals surface area contributed by atoms with E-state index in [9.17, 15) is 9.18 Å². The molecular formula is C20H16FN3O2S2. The van der Waals surface area contributed by atoms with Crippen LogP contribution in [0.1, 0.15) is 22.2 Å². The van der Waals surface area contributed by atoms with Crippen molar-refractivity contribution < 1.29 is 13.9 Å². The second-order valence-electron chi connectivity index (χ2n) is 5.84. The summed E-state index contributed by atoms with van der Waals surface area (Å²) in [6, 6.07) is 14.5. The number of fused-ring (bicyclic) bond motifs is 1. The summed E-state index contributed by atoms with van der Waals surface area (Å²) in [4.78, 5) is 17.1. The minimum atomic E-state index is -0.429. The number of aromatic nitrogens is 3. The Labute approximate surface area is 169 Å². The molecular weight excluding hydrogens is 397 g/mol. The molecule has 0 radical (unpaired) electrons. The number of nitrogens with zero attached hydrogens (tertiary/aromatic N) is 3. The van der Waals surface area contributed by atoms with Crippen molar-refractivity contribution in [1.29, 1.82) is 0 Å². The summed E-state index contributed by atoms with van der Waals surface area (Å²) >= 11 is 2.61. The second-order valence-corrected chi connectivity index (χ2v) is 7.83. The van der Waals surface area contributed by atoms with E-state index < -0.39 is 5.97 Å². The number of para-hydroxylation sites is 1. The Morgan fingerprint density at radius 2 is 2.04 bits per heavy atom. The van der Waals surface area contributed by atoms with Gasteiger partial charge in [-0.15, -0.1) is 16.4 Å². The lowest BCUT2D eigenvalue weighted by atomic mass is 10.1. The molecule has 0 aliphatic rings. The van der Waals surface area contributed by atoms with Crippen LogP contribution in [-0.4, -0.2) is 27.3 Å². The van der Waals surface area contributed by atoms with Gasteiger partial charge < -0.3 is 4.74 Å². The van der Waals surface area contributed by atoms with E-state index in [0.29, 0.717) is 26.7 Å². The number of rotatable bonds is 6. The molecule has 0 fully saturated rings. The zero-order valence-electron chi connectivity index (χ0n) is 15.0. The van der Waals surface area contributed by atoms with Crippen LogP contribution in [0.3, 0.4) is 0 Å². The number of benzene rings is 2. The Bertz CT molecular complexity index is 1130. The average molecular weight is 413 g/mol. The standard InChI is InChI=1S/C20H16FN3O2S2/c1-2-26-19(25)18-14(17-15(21)9-6-10-16(17)28-18)11-27-20-22-12-24(23-20)13-7-4-3-5-8-13/h3-10,12H,2,11H2,1H3. The maximum absolute atomic E-state index is 14.5. The zero-order chi connectivity index (χ0) is 19.5. The molecule has 2 heterocycles. The summed E-state index contributed by atoms with van der Waals surface area (Å²) in [6.45, 7) is 2.02. The highest BCUT2D eigenvalue weighted by atomic mass is 32.2. The fourth-order valence-corrected chi connectivity index (χ4v) is 4.87. The smallest absolute Gasteiger partial charge is 0.348 e. The SMILES string of the molecule is CCOC(=O)c1sc2cccc(F)c2c1CSc1ncn(-c2ccccc2)n1. The first-order valence-corrected chi connectivity index (χ1v) is 10.4. The van der Waals surface area contributed by atoms with E-state index in [1.165, 1.54) is 29.2 Å². The van der Waals surface area contributed by atoms with Crippen LogP contribution >= 0.6 is 23.1 Å². The summed E-state index contributed by atoms with van der Waals surface area (Å²) in [7, 11) is 0. The summed E-state index contributed by atoms with van der Waals surface area (Å²) in [5.41, 5.74) is 1.53.